The van der Waals surface area contributed by atoms with Gasteiger partial charge in [0.15, 0.2) is 11.5 Å². The Balaban J connectivity index is 1.62. The molecule has 25 heavy (non-hydrogen) atoms. The third-order valence-corrected chi connectivity index (χ3v) is 3.79. The van der Waals surface area contributed by atoms with E-state index in [1.54, 1.807) is 44.8 Å². The van der Waals surface area contributed by atoms with Gasteiger partial charge in [-0.25, -0.2) is 9.78 Å². The highest BCUT2D eigenvalue weighted by Crippen LogP contribution is 2.27. The van der Waals surface area contributed by atoms with Gasteiger partial charge in [-0.15, -0.1) is 0 Å². The summed E-state index contributed by atoms with van der Waals surface area (Å²) in [7, 11) is 5.05. The molecule has 0 aliphatic carbocycles. The van der Waals surface area contributed by atoms with Crippen molar-refractivity contribution >= 4 is 17.1 Å². The van der Waals surface area contributed by atoms with E-state index in [1.807, 2.05) is 23.7 Å². The van der Waals surface area contributed by atoms with Crippen molar-refractivity contribution in [3.05, 3.63) is 48.3 Å². The van der Waals surface area contributed by atoms with Gasteiger partial charge in [0.05, 0.1) is 31.6 Å². The van der Waals surface area contributed by atoms with E-state index in [0.717, 1.165) is 16.6 Å². The van der Waals surface area contributed by atoms with Crippen LogP contribution in [-0.4, -0.2) is 29.9 Å². The molecule has 0 spiro atoms. The fourth-order valence-corrected chi connectivity index (χ4v) is 2.49. The second-order valence-electron chi connectivity index (χ2n) is 5.44. The lowest BCUT2D eigenvalue weighted by atomic mass is 10.2. The van der Waals surface area contributed by atoms with E-state index in [0.29, 0.717) is 23.8 Å². The SMILES string of the molecule is COc1ccc(CNC(=O)Oc2ccc3c(c2)ncn3C)cc1OC. The third-order valence-electron chi connectivity index (χ3n) is 3.79. The average Bonchev–Trinajstić information content (AvgIpc) is 3.00. The number of aryl methyl sites for hydroxylation is 1. The number of amides is 1. The molecule has 3 rings (SSSR count). The van der Waals surface area contributed by atoms with Gasteiger partial charge in [-0.1, -0.05) is 6.07 Å². The van der Waals surface area contributed by atoms with Crippen LogP contribution >= 0.6 is 0 Å². The molecule has 0 saturated heterocycles. The van der Waals surface area contributed by atoms with Gasteiger partial charge < -0.3 is 24.1 Å². The van der Waals surface area contributed by atoms with E-state index in [1.165, 1.54) is 0 Å². The molecule has 7 nitrogen and oxygen atoms in total. The van der Waals surface area contributed by atoms with E-state index in [-0.39, 0.29) is 0 Å². The molecule has 0 fully saturated rings. The number of fused-ring (bicyclic) bond motifs is 1. The van der Waals surface area contributed by atoms with Gasteiger partial charge >= 0.3 is 6.09 Å². The molecule has 0 atom stereocenters. The van der Waals surface area contributed by atoms with Gasteiger partial charge in [0.25, 0.3) is 0 Å². The van der Waals surface area contributed by atoms with Crippen LogP contribution in [-0.2, 0) is 13.6 Å². The van der Waals surface area contributed by atoms with Gasteiger partial charge in [-0.3, -0.25) is 0 Å². The number of carbonyl (C=O) groups is 1. The average molecular weight is 341 g/mol. The Morgan fingerprint density at radius 2 is 1.92 bits per heavy atom. The smallest absolute Gasteiger partial charge is 0.412 e. The molecule has 7 heteroatoms. The van der Waals surface area contributed by atoms with Crippen molar-refractivity contribution in [1.29, 1.82) is 0 Å². The Bertz CT molecular complexity index is 904. The predicted molar refractivity (Wildman–Crippen MR) is 93.1 cm³/mol. The number of benzene rings is 2. The number of nitrogens with zero attached hydrogens (tertiary/aromatic N) is 2. The van der Waals surface area contributed by atoms with Gasteiger partial charge in [0, 0.05) is 19.7 Å². The lowest BCUT2D eigenvalue weighted by Gasteiger charge is -2.10. The largest absolute Gasteiger partial charge is 0.493 e. The van der Waals surface area contributed by atoms with Gasteiger partial charge in [-0.2, -0.15) is 0 Å². The molecule has 1 N–H and O–H groups in total. The lowest BCUT2D eigenvalue weighted by Crippen LogP contribution is -2.26. The van der Waals surface area contributed by atoms with E-state index in [4.69, 9.17) is 14.2 Å². The molecule has 0 aliphatic rings. The molecule has 0 bridgehead atoms. The first-order valence-electron chi connectivity index (χ1n) is 7.68. The van der Waals surface area contributed by atoms with Crippen molar-refractivity contribution < 1.29 is 19.0 Å². The molecule has 3 aromatic rings. The maximum absolute atomic E-state index is 12.0. The van der Waals surface area contributed by atoms with Crippen LogP contribution in [0.1, 0.15) is 5.56 Å². The fraction of sp³-hybridized carbons (Fsp3) is 0.222. The van der Waals surface area contributed by atoms with Crippen LogP contribution in [0.3, 0.4) is 0 Å². The number of methoxy groups -OCH3 is 2. The van der Waals surface area contributed by atoms with Crippen LogP contribution in [0.4, 0.5) is 4.79 Å². The van der Waals surface area contributed by atoms with Crippen LogP contribution in [0.15, 0.2) is 42.7 Å². The van der Waals surface area contributed by atoms with Crippen molar-refractivity contribution in [2.24, 2.45) is 7.05 Å². The molecule has 1 aromatic heterocycles. The monoisotopic (exact) mass is 341 g/mol. The van der Waals surface area contributed by atoms with Gasteiger partial charge in [0.1, 0.15) is 5.75 Å². The summed E-state index contributed by atoms with van der Waals surface area (Å²) in [6.07, 6.45) is 1.18. The molecule has 0 aliphatic heterocycles. The summed E-state index contributed by atoms with van der Waals surface area (Å²) in [5.41, 5.74) is 2.61. The third kappa shape index (κ3) is 3.65. The number of ether oxygens (including phenoxy) is 3. The van der Waals surface area contributed by atoms with Crippen LogP contribution in [0.2, 0.25) is 0 Å². The van der Waals surface area contributed by atoms with Crippen LogP contribution in [0.25, 0.3) is 11.0 Å². The maximum Gasteiger partial charge on any atom is 0.412 e. The number of imidazole rings is 1. The summed E-state index contributed by atoms with van der Waals surface area (Å²) < 4.78 is 17.6. The molecular formula is C18H19N3O4. The van der Waals surface area contributed by atoms with Crippen LogP contribution < -0.4 is 19.5 Å². The van der Waals surface area contributed by atoms with Crippen LogP contribution in [0.5, 0.6) is 17.2 Å². The first-order chi connectivity index (χ1) is 12.1. The minimum absolute atomic E-state index is 0.311. The number of aromatic nitrogens is 2. The molecular weight excluding hydrogens is 322 g/mol. The second kappa shape index (κ2) is 7.12. The van der Waals surface area contributed by atoms with E-state index in [2.05, 4.69) is 10.3 Å². The van der Waals surface area contributed by atoms with E-state index < -0.39 is 6.09 Å². The van der Waals surface area contributed by atoms with Crippen molar-refractivity contribution in [1.82, 2.24) is 14.9 Å². The molecule has 0 radical (unpaired) electrons. The second-order valence-corrected chi connectivity index (χ2v) is 5.44. The summed E-state index contributed by atoms with van der Waals surface area (Å²) in [5.74, 6) is 1.68. The van der Waals surface area contributed by atoms with Crippen molar-refractivity contribution in [2.45, 2.75) is 6.54 Å². The van der Waals surface area contributed by atoms with Crippen molar-refractivity contribution in [3.8, 4) is 17.2 Å². The highest BCUT2D eigenvalue weighted by atomic mass is 16.6. The zero-order valence-corrected chi connectivity index (χ0v) is 14.3. The highest BCUT2D eigenvalue weighted by molar-refractivity contribution is 5.78. The summed E-state index contributed by atoms with van der Waals surface area (Å²) in [6, 6.07) is 10.8. The molecule has 1 heterocycles. The summed E-state index contributed by atoms with van der Waals surface area (Å²) in [6.45, 7) is 0.311. The zero-order chi connectivity index (χ0) is 17.8. The minimum atomic E-state index is -0.537. The first-order valence-corrected chi connectivity index (χ1v) is 7.68. The van der Waals surface area contributed by atoms with Crippen LogP contribution in [0, 0.1) is 0 Å². The molecule has 130 valence electrons. The Hall–Kier alpha value is -3.22. The van der Waals surface area contributed by atoms with E-state index >= 15 is 0 Å². The van der Waals surface area contributed by atoms with Crippen molar-refractivity contribution in [2.75, 3.05) is 14.2 Å². The molecule has 1 amide bonds. The Morgan fingerprint density at radius 1 is 1.12 bits per heavy atom. The van der Waals surface area contributed by atoms with Gasteiger partial charge in [0.2, 0.25) is 0 Å². The molecule has 2 aromatic carbocycles. The summed E-state index contributed by atoms with van der Waals surface area (Å²) in [4.78, 5) is 16.2. The normalized spacial score (nSPS) is 10.5. The lowest BCUT2D eigenvalue weighted by molar-refractivity contribution is 0.200. The zero-order valence-electron chi connectivity index (χ0n) is 14.3. The number of hydrogen-bond acceptors (Lipinski definition) is 5. The maximum atomic E-state index is 12.0. The fourth-order valence-electron chi connectivity index (χ4n) is 2.49. The molecule has 0 saturated carbocycles. The van der Waals surface area contributed by atoms with Gasteiger partial charge in [-0.05, 0) is 29.8 Å². The standard InChI is InChI=1S/C18H19N3O4/c1-21-11-20-14-9-13(5-6-15(14)21)25-18(22)19-10-12-4-7-16(23-2)17(8-12)24-3/h4-9,11H,10H2,1-3H3,(H,19,22). The number of nitrogens with one attached hydrogen (secondary N) is 1. The quantitative estimate of drug-likeness (QED) is 0.772. The highest BCUT2D eigenvalue weighted by Gasteiger charge is 2.09. The number of hydrogen-bond donors (Lipinski definition) is 1. The first kappa shape index (κ1) is 16.6. The van der Waals surface area contributed by atoms with E-state index in [9.17, 15) is 4.79 Å². The number of carbonyl (C=O) groups excluding carboxylic acids is 1. The minimum Gasteiger partial charge on any atom is -0.493 e. The Kier molecular flexibility index (Phi) is 4.74. The number of rotatable bonds is 5. The predicted octanol–water partition coefficient (Wildman–Crippen LogP) is 2.88. The Morgan fingerprint density at radius 3 is 2.68 bits per heavy atom. The van der Waals surface area contributed by atoms with Crippen molar-refractivity contribution in [3.63, 3.8) is 0 Å². The molecule has 0 unspecified atom stereocenters. The topological polar surface area (TPSA) is 74.6 Å². The Labute approximate surface area is 145 Å². The summed E-state index contributed by atoms with van der Waals surface area (Å²) >= 11 is 0. The summed E-state index contributed by atoms with van der Waals surface area (Å²) in [5, 5.41) is 2.71.